The number of nitrogens with zero attached hydrogens (tertiary/aromatic N) is 3. The van der Waals surface area contributed by atoms with Gasteiger partial charge in [0.05, 0.1) is 29.4 Å². The summed E-state index contributed by atoms with van der Waals surface area (Å²) < 4.78 is 12.7. The molecule has 0 amide bonds. The highest BCUT2D eigenvalue weighted by Crippen LogP contribution is 2.26. The molecule has 8 heteroatoms. The molecular weight excluding hydrogens is 434 g/mol. The Kier molecular flexibility index (Phi) is 5.36. The average Bonchev–Trinajstić information content (AvgIpc) is 3.47. The molecule has 0 saturated heterocycles. The van der Waals surface area contributed by atoms with E-state index in [-0.39, 0.29) is 5.56 Å². The quantitative estimate of drug-likeness (QED) is 0.247. The summed E-state index contributed by atoms with van der Waals surface area (Å²) in [4.78, 5) is 22.4. The van der Waals surface area contributed by atoms with Crippen molar-refractivity contribution in [2.24, 2.45) is 0 Å². The summed E-state index contributed by atoms with van der Waals surface area (Å²) in [5.74, 6) is 1.68. The van der Waals surface area contributed by atoms with Crippen molar-refractivity contribution in [2.45, 2.75) is 17.5 Å². The van der Waals surface area contributed by atoms with Gasteiger partial charge in [0.2, 0.25) is 5.89 Å². The van der Waals surface area contributed by atoms with Gasteiger partial charge in [0.1, 0.15) is 12.0 Å². The zero-order valence-corrected chi connectivity index (χ0v) is 17.8. The standard InChI is InChI=1S/C23H16ClN3O3S/c24-16-6-3-5-15(11-16)21-25-17(13-30-21)14-31-23-26-20-9-2-1-8-19(20)22(28)27(23)12-18-7-4-10-29-18/h1-11,13H,12,14H2. The number of aromatic nitrogens is 3. The zero-order chi connectivity index (χ0) is 21.2. The number of hydrogen-bond donors (Lipinski definition) is 0. The monoisotopic (exact) mass is 449 g/mol. The van der Waals surface area contributed by atoms with E-state index in [1.54, 1.807) is 41.4 Å². The Bertz CT molecular complexity index is 1410. The molecule has 0 unspecified atom stereocenters. The molecule has 3 aromatic heterocycles. The highest BCUT2D eigenvalue weighted by molar-refractivity contribution is 7.98. The molecule has 5 rings (SSSR count). The van der Waals surface area contributed by atoms with Gasteiger partial charge in [0, 0.05) is 16.3 Å². The molecule has 0 aliphatic heterocycles. The molecule has 0 N–H and O–H groups in total. The van der Waals surface area contributed by atoms with Gasteiger partial charge in [-0.2, -0.15) is 0 Å². The lowest BCUT2D eigenvalue weighted by atomic mass is 10.2. The normalized spacial score (nSPS) is 11.3. The van der Waals surface area contributed by atoms with E-state index in [0.717, 1.165) is 11.3 Å². The molecular formula is C23H16ClN3O3S. The van der Waals surface area contributed by atoms with E-state index in [1.807, 2.05) is 36.4 Å². The second kappa shape index (κ2) is 8.45. The topological polar surface area (TPSA) is 74.1 Å². The maximum absolute atomic E-state index is 13.1. The number of thioether (sulfide) groups is 1. The van der Waals surface area contributed by atoms with Crippen molar-refractivity contribution < 1.29 is 8.83 Å². The van der Waals surface area contributed by atoms with Crippen LogP contribution in [0.4, 0.5) is 0 Å². The second-order valence-electron chi connectivity index (χ2n) is 6.83. The molecule has 0 radical (unpaired) electrons. The number of para-hydroxylation sites is 1. The molecule has 3 heterocycles. The van der Waals surface area contributed by atoms with E-state index in [2.05, 4.69) is 4.98 Å². The van der Waals surface area contributed by atoms with Gasteiger partial charge in [0.15, 0.2) is 5.16 Å². The molecule has 0 fully saturated rings. The minimum Gasteiger partial charge on any atom is -0.467 e. The largest absolute Gasteiger partial charge is 0.467 e. The van der Waals surface area contributed by atoms with Crippen molar-refractivity contribution in [1.29, 1.82) is 0 Å². The zero-order valence-electron chi connectivity index (χ0n) is 16.2. The first kappa shape index (κ1) is 19.7. The Morgan fingerprint density at radius 2 is 1.90 bits per heavy atom. The summed E-state index contributed by atoms with van der Waals surface area (Å²) in [5, 5.41) is 1.78. The fraction of sp³-hybridized carbons (Fsp3) is 0.0870. The first-order chi connectivity index (χ1) is 15.2. The molecule has 31 heavy (non-hydrogen) atoms. The predicted molar refractivity (Wildman–Crippen MR) is 120 cm³/mol. The minimum atomic E-state index is -0.107. The van der Waals surface area contributed by atoms with Crippen LogP contribution in [0.2, 0.25) is 5.02 Å². The second-order valence-corrected chi connectivity index (χ2v) is 8.20. The van der Waals surface area contributed by atoms with Crippen LogP contribution in [-0.2, 0) is 12.3 Å². The van der Waals surface area contributed by atoms with E-state index in [0.29, 0.717) is 45.0 Å². The van der Waals surface area contributed by atoms with Crippen LogP contribution in [0.15, 0.2) is 92.0 Å². The molecule has 5 aromatic rings. The number of rotatable bonds is 6. The van der Waals surface area contributed by atoms with Crippen molar-refractivity contribution in [2.75, 3.05) is 0 Å². The molecule has 0 atom stereocenters. The van der Waals surface area contributed by atoms with Crippen LogP contribution in [0.3, 0.4) is 0 Å². The van der Waals surface area contributed by atoms with Crippen LogP contribution in [0.25, 0.3) is 22.4 Å². The van der Waals surface area contributed by atoms with Crippen LogP contribution in [0.5, 0.6) is 0 Å². The highest BCUT2D eigenvalue weighted by atomic mass is 35.5. The lowest BCUT2D eigenvalue weighted by Crippen LogP contribution is -2.23. The van der Waals surface area contributed by atoms with Crippen molar-refractivity contribution in [3.8, 4) is 11.5 Å². The van der Waals surface area contributed by atoms with Gasteiger partial charge in [-0.15, -0.1) is 0 Å². The Hall–Kier alpha value is -3.29. The van der Waals surface area contributed by atoms with Gasteiger partial charge in [0.25, 0.3) is 5.56 Å². The maximum Gasteiger partial charge on any atom is 0.262 e. The third kappa shape index (κ3) is 4.15. The molecule has 0 bridgehead atoms. The lowest BCUT2D eigenvalue weighted by Gasteiger charge is -2.11. The summed E-state index contributed by atoms with van der Waals surface area (Å²) in [5.41, 5.74) is 2.10. The summed E-state index contributed by atoms with van der Waals surface area (Å²) in [6, 6.07) is 18.3. The Labute approximate surface area is 186 Å². The van der Waals surface area contributed by atoms with Crippen LogP contribution in [0, 0.1) is 0 Å². The first-order valence-corrected chi connectivity index (χ1v) is 10.9. The average molecular weight is 450 g/mol. The number of furan rings is 1. The van der Waals surface area contributed by atoms with Crippen LogP contribution < -0.4 is 5.56 Å². The van der Waals surface area contributed by atoms with E-state index in [4.69, 9.17) is 25.4 Å². The van der Waals surface area contributed by atoms with Gasteiger partial charge in [-0.1, -0.05) is 41.6 Å². The van der Waals surface area contributed by atoms with Gasteiger partial charge in [-0.05, 0) is 42.5 Å². The Morgan fingerprint density at radius 3 is 2.74 bits per heavy atom. The number of fused-ring (bicyclic) bond motifs is 1. The fourth-order valence-corrected chi connectivity index (χ4v) is 4.29. The van der Waals surface area contributed by atoms with Gasteiger partial charge in [-0.3, -0.25) is 9.36 Å². The van der Waals surface area contributed by atoms with Crippen molar-refractivity contribution >= 4 is 34.3 Å². The Balaban J connectivity index is 1.45. The van der Waals surface area contributed by atoms with Crippen LogP contribution >= 0.6 is 23.4 Å². The summed E-state index contributed by atoms with van der Waals surface area (Å²) in [6.07, 6.45) is 3.20. The van der Waals surface area contributed by atoms with Crippen LogP contribution in [-0.4, -0.2) is 14.5 Å². The number of halogens is 1. The first-order valence-electron chi connectivity index (χ1n) is 9.52. The van der Waals surface area contributed by atoms with E-state index < -0.39 is 0 Å². The molecule has 0 saturated carbocycles. The van der Waals surface area contributed by atoms with Crippen molar-refractivity contribution in [3.05, 3.63) is 100 Å². The molecule has 154 valence electrons. The molecule has 2 aromatic carbocycles. The van der Waals surface area contributed by atoms with Crippen molar-refractivity contribution in [1.82, 2.24) is 14.5 Å². The van der Waals surface area contributed by atoms with E-state index in [1.165, 1.54) is 11.8 Å². The summed E-state index contributed by atoms with van der Waals surface area (Å²) >= 11 is 7.48. The number of oxazole rings is 1. The van der Waals surface area contributed by atoms with E-state index >= 15 is 0 Å². The third-order valence-corrected chi connectivity index (χ3v) is 5.94. The minimum absolute atomic E-state index is 0.107. The van der Waals surface area contributed by atoms with E-state index in [9.17, 15) is 4.79 Å². The molecule has 0 aliphatic rings. The number of hydrogen-bond acceptors (Lipinski definition) is 6. The number of benzene rings is 2. The van der Waals surface area contributed by atoms with Gasteiger partial charge < -0.3 is 8.83 Å². The molecule has 6 nitrogen and oxygen atoms in total. The molecule has 0 spiro atoms. The third-order valence-electron chi connectivity index (χ3n) is 4.69. The maximum atomic E-state index is 13.1. The highest BCUT2D eigenvalue weighted by Gasteiger charge is 2.15. The predicted octanol–water partition coefficient (Wildman–Crippen LogP) is 5.64. The fourth-order valence-electron chi connectivity index (χ4n) is 3.22. The van der Waals surface area contributed by atoms with Gasteiger partial charge >= 0.3 is 0 Å². The van der Waals surface area contributed by atoms with Crippen molar-refractivity contribution in [3.63, 3.8) is 0 Å². The molecule has 0 aliphatic carbocycles. The Morgan fingerprint density at radius 1 is 1.00 bits per heavy atom. The smallest absolute Gasteiger partial charge is 0.262 e. The van der Waals surface area contributed by atoms with Gasteiger partial charge in [-0.25, -0.2) is 9.97 Å². The summed E-state index contributed by atoms with van der Waals surface area (Å²) in [6.45, 7) is 0.304. The lowest BCUT2D eigenvalue weighted by molar-refractivity contribution is 0.476. The van der Waals surface area contributed by atoms with Crippen LogP contribution in [0.1, 0.15) is 11.5 Å². The summed E-state index contributed by atoms with van der Waals surface area (Å²) in [7, 11) is 0. The SMILES string of the molecule is O=c1c2ccccc2nc(SCc2coc(-c3cccc(Cl)c3)n2)n1Cc1ccco1.